The highest BCUT2D eigenvalue weighted by atomic mass is 32.2. The summed E-state index contributed by atoms with van der Waals surface area (Å²) in [5.74, 6) is 1.50. The van der Waals surface area contributed by atoms with E-state index in [1.165, 1.54) is 11.8 Å². The van der Waals surface area contributed by atoms with Gasteiger partial charge in [-0.05, 0) is 24.1 Å². The molecule has 2 saturated heterocycles. The molecule has 0 N–H and O–H groups in total. The van der Waals surface area contributed by atoms with Gasteiger partial charge in [0, 0.05) is 18.2 Å². The van der Waals surface area contributed by atoms with Crippen LogP contribution in [0.2, 0.25) is 0 Å². The van der Waals surface area contributed by atoms with Gasteiger partial charge in [-0.15, -0.1) is 0 Å². The third kappa shape index (κ3) is 3.94. The molecule has 2 atom stereocenters. The van der Waals surface area contributed by atoms with Gasteiger partial charge >= 0.3 is 0 Å². The molecule has 2 fully saturated rings. The molecule has 27 heavy (non-hydrogen) atoms. The van der Waals surface area contributed by atoms with Crippen molar-refractivity contribution >= 4 is 32.7 Å². The summed E-state index contributed by atoms with van der Waals surface area (Å²) in [6.07, 6.45) is 2.17. The number of ether oxygens (including phenoxy) is 2. The van der Waals surface area contributed by atoms with Crippen LogP contribution >= 0.6 is 11.8 Å². The second kappa shape index (κ2) is 7.35. The van der Waals surface area contributed by atoms with Crippen molar-refractivity contribution in [1.29, 1.82) is 0 Å². The number of carbonyl (C=O) groups excluding carboxylic acids is 1. The Hall–Kier alpha value is -1.74. The average Bonchev–Trinajstić information content (AvgIpc) is 3.27. The molecule has 0 aromatic heterocycles. The molecule has 0 unspecified atom stereocenters. The Morgan fingerprint density at radius 3 is 2.93 bits per heavy atom. The lowest BCUT2D eigenvalue weighted by atomic mass is 10.1. The maximum absolute atomic E-state index is 12.2. The topological polar surface area (TPSA) is 85.3 Å². The number of carbonyl (C=O) groups is 1. The van der Waals surface area contributed by atoms with E-state index < -0.39 is 9.84 Å². The maximum Gasteiger partial charge on any atom is 0.248 e. The third-order valence-electron chi connectivity index (χ3n) is 4.93. The highest BCUT2D eigenvalue weighted by Crippen LogP contribution is 2.40. The number of hydrogen-bond acceptors (Lipinski definition) is 6. The number of aliphatic imine (C=N–C) groups is 1. The highest BCUT2D eigenvalue weighted by molar-refractivity contribution is 8.15. The molecular weight excluding hydrogens is 388 g/mol. The second-order valence-corrected chi connectivity index (χ2v) is 10.4. The zero-order valence-electron chi connectivity index (χ0n) is 15.1. The van der Waals surface area contributed by atoms with E-state index in [0.29, 0.717) is 29.6 Å². The molecule has 7 nitrogen and oxygen atoms in total. The fourth-order valence-electron chi connectivity index (χ4n) is 3.55. The summed E-state index contributed by atoms with van der Waals surface area (Å²) in [5.41, 5.74) is 0.971. The van der Waals surface area contributed by atoms with E-state index in [2.05, 4.69) is 4.99 Å². The van der Waals surface area contributed by atoms with Crippen LogP contribution in [0.1, 0.15) is 31.7 Å². The van der Waals surface area contributed by atoms with Gasteiger partial charge in [0.25, 0.3) is 0 Å². The molecule has 3 aliphatic rings. The molecule has 0 spiro atoms. The lowest BCUT2D eigenvalue weighted by molar-refractivity contribution is -0.117. The summed E-state index contributed by atoms with van der Waals surface area (Å²) in [6.45, 7) is 2.73. The van der Waals surface area contributed by atoms with Crippen LogP contribution in [0.15, 0.2) is 23.2 Å². The summed E-state index contributed by atoms with van der Waals surface area (Å²) in [7, 11) is -3.05. The summed E-state index contributed by atoms with van der Waals surface area (Å²) in [5, 5.41) is 0.570. The van der Waals surface area contributed by atoms with E-state index in [4.69, 9.17) is 9.47 Å². The van der Waals surface area contributed by atoms with Gasteiger partial charge in [0.1, 0.15) is 0 Å². The molecule has 1 aromatic carbocycles. The summed E-state index contributed by atoms with van der Waals surface area (Å²) in [6, 6.07) is 5.54. The van der Waals surface area contributed by atoms with Gasteiger partial charge in [-0.3, -0.25) is 4.79 Å². The van der Waals surface area contributed by atoms with Gasteiger partial charge in [0.05, 0.1) is 17.5 Å². The first-order chi connectivity index (χ1) is 12.9. The summed E-state index contributed by atoms with van der Waals surface area (Å²) >= 11 is 1.42. The van der Waals surface area contributed by atoms with Crippen molar-refractivity contribution in [1.82, 2.24) is 4.90 Å². The maximum atomic E-state index is 12.2. The minimum Gasteiger partial charge on any atom is -0.454 e. The van der Waals surface area contributed by atoms with Crippen molar-refractivity contribution in [3.63, 3.8) is 0 Å². The van der Waals surface area contributed by atoms with Crippen LogP contribution in [-0.4, -0.2) is 54.0 Å². The Bertz CT molecular complexity index is 884. The number of nitrogens with zero attached hydrogens (tertiary/aromatic N) is 2. The van der Waals surface area contributed by atoms with Gasteiger partial charge in [-0.25, -0.2) is 8.42 Å². The van der Waals surface area contributed by atoms with E-state index in [1.54, 1.807) is 0 Å². The molecule has 0 bridgehead atoms. The number of hydrogen-bond donors (Lipinski definition) is 0. The number of thioether (sulfide) groups is 1. The van der Waals surface area contributed by atoms with E-state index in [1.807, 2.05) is 30.0 Å². The first-order valence-corrected chi connectivity index (χ1v) is 11.8. The molecule has 3 aliphatic heterocycles. The zero-order valence-corrected chi connectivity index (χ0v) is 16.7. The number of sulfone groups is 1. The quantitative estimate of drug-likeness (QED) is 0.736. The normalized spacial score (nSPS) is 26.6. The lowest BCUT2D eigenvalue weighted by Gasteiger charge is -2.24. The van der Waals surface area contributed by atoms with Crippen LogP contribution in [0, 0.1) is 0 Å². The molecule has 1 amide bonds. The van der Waals surface area contributed by atoms with Crippen molar-refractivity contribution < 1.29 is 22.7 Å². The van der Waals surface area contributed by atoms with Crippen molar-refractivity contribution in [3.05, 3.63) is 23.8 Å². The fourth-order valence-corrected chi connectivity index (χ4v) is 7.52. The second-order valence-electron chi connectivity index (χ2n) is 7.01. The smallest absolute Gasteiger partial charge is 0.248 e. The molecule has 146 valence electrons. The largest absolute Gasteiger partial charge is 0.454 e. The van der Waals surface area contributed by atoms with Gasteiger partial charge in [-0.1, -0.05) is 31.2 Å². The molecule has 0 radical (unpaired) electrons. The highest BCUT2D eigenvalue weighted by Gasteiger charge is 2.48. The van der Waals surface area contributed by atoms with Crippen LogP contribution in [0.5, 0.6) is 11.5 Å². The molecule has 0 saturated carbocycles. The third-order valence-corrected chi connectivity index (χ3v) is 8.18. The van der Waals surface area contributed by atoms with E-state index >= 15 is 0 Å². The van der Waals surface area contributed by atoms with Gasteiger partial charge in [0.15, 0.2) is 26.5 Å². The number of fused-ring (bicyclic) bond motifs is 2. The van der Waals surface area contributed by atoms with Crippen molar-refractivity contribution in [3.8, 4) is 11.5 Å². The molecule has 0 aliphatic carbocycles. The Labute approximate surface area is 163 Å². The first kappa shape index (κ1) is 18.6. The van der Waals surface area contributed by atoms with E-state index in [9.17, 15) is 13.2 Å². The first-order valence-electron chi connectivity index (χ1n) is 9.09. The molecule has 3 heterocycles. The van der Waals surface area contributed by atoms with E-state index in [0.717, 1.165) is 18.4 Å². The zero-order chi connectivity index (χ0) is 19.0. The van der Waals surface area contributed by atoms with Crippen molar-refractivity contribution in [2.75, 3.05) is 18.3 Å². The number of benzene rings is 1. The minimum atomic E-state index is -3.05. The summed E-state index contributed by atoms with van der Waals surface area (Å²) in [4.78, 5) is 18.5. The van der Waals surface area contributed by atoms with Crippen LogP contribution < -0.4 is 9.47 Å². The number of amidine groups is 1. The molecule has 9 heteroatoms. The molecule has 1 aromatic rings. The Morgan fingerprint density at radius 2 is 2.11 bits per heavy atom. The standard InChI is InChI=1S/C18H22N2O5S2/c1-2-3-4-17(21)19-18-20(13-9-27(22,23)10-16(13)26-18)8-12-5-6-14-15(7-12)25-11-24-14/h5-7,13,16H,2-4,8-11H2,1H3/t13-,16-/m0/s1. The predicted molar refractivity (Wildman–Crippen MR) is 104 cm³/mol. The molecule has 4 rings (SSSR count). The Kier molecular flexibility index (Phi) is 5.07. The Balaban J connectivity index is 1.58. The van der Waals surface area contributed by atoms with Crippen LogP contribution in [-0.2, 0) is 21.2 Å². The minimum absolute atomic E-state index is 0.0678. The number of amides is 1. The lowest BCUT2D eigenvalue weighted by Crippen LogP contribution is -2.37. The van der Waals surface area contributed by atoms with Crippen molar-refractivity contribution in [2.45, 2.75) is 44.0 Å². The SMILES string of the molecule is CCCCC(=O)N=C1S[C@H]2CS(=O)(=O)C[C@@H]2N1Cc1ccc2c(c1)OCO2. The Morgan fingerprint density at radius 1 is 1.30 bits per heavy atom. The van der Waals surface area contributed by atoms with Gasteiger partial charge < -0.3 is 14.4 Å². The van der Waals surface area contributed by atoms with Crippen LogP contribution in [0.4, 0.5) is 0 Å². The molecular formula is C18H22N2O5S2. The van der Waals surface area contributed by atoms with Crippen molar-refractivity contribution in [2.24, 2.45) is 4.99 Å². The van der Waals surface area contributed by atoms with Crippen LogP contribution in [0.25, 0.3) is 0 Å². The van der Waals surface area contributed by atoms with Gasteiger partial charge in [-0.2, -0.15) is 4.99 Å². The monoisotopic (exact) mass is 410 g/mol. The van der Waals surface area contributed by atoms with Crippen LogP contribution in [0.3, 0.4) is 0 Å². The predicted octanol–water partition coefficient (Wildman–Crippen LogP) is 2.20. The number of unbranched alkanes of at least 4 members (excludes halogenated alkanes) is 1. The average molecular weight is 411 g/mol. The fraction of sp³-hybridized carbons (Fsp3) is 0.556. The summed E-state index contributed by atoms with van der Waals surface area (Å²) < 4.78 is 34.9. The van der Waals surface area contributed by atoms with E-state index in [-0.39, 0.29) is 35.5 Å². The van der Waals surface area contributed by atoms with Gasteiger partial charge in [0.2, 0.25) is 12.7 Å². The number of rotatable bonds is 5.